The van der Waals surface area contributed by atoms with Crippen molar-refractivity contribution in [1.82, 2.24) is 33.1 Å². The highest BCUT2D eigenvalue weighted by Gasteiger charge is 2.27. The van der Waals surface area contributed by atoms with E-state index >= 15 is 0 Å². The Kier molecular flexibility index (Phi) is 6.71. The van der Waals surface area contributed by atoms with E-state index in [0.717, 1.165) is 94.6 Å². The lowest BCUT2D eigenvalue weighted by Crippen LogP contribution is -2.08. The standard InChI is InChI=1S/C55H33N7/c1-2-19-37-36(18-1)38-20-3-4-22-40(38)44-33-56-54(58-52(44)41-23-6-5-21-39(37)41)62-47-28-11-8-25-43(47)51-42-24-7-10-27-46(42)59(53(51)62)34-16-15-17-35(32-34)60-49-30-13-14-31-50(49)61-48-29-12-9-26-45(48)57-55(60)61/h1-33H. The first kappa shape index (κ1) is 33.3. The highest BCUT2D eigenvalue weighted by molar-refractivity contribution is 6.22. The Morgan fingerprint density at radius 1 is 0.355 bits per heavy atom. The first-order chi connectivity index (χ1) is 30.8. The number of imidazole rings is 2. The van der Waals surface area contributed by atoms with Gasteiger partial charge in [-0.1, -0.05) is 140 Å². The van der Waals surface area contributed by atoms with Gasteiger partial charge in [-0.3, -0.25) is 18.1 Å². The van der Waals surface area contributed by atoms with Crippen LogP contribution in [-0.2, 0) is 0 Å². The van der Waals surface area contributed by atoms with Gasteiger partial charge in [0.2, 0.25) is 11.7 Å². The summed E-state index contributed by atoms with van der Waals surface area (Å²) in [6, 6.07) is 69.1. The average molecular weight is 792 g/mol. The molecule has 0 radical (unpaired) electrons. The smallest absolute Gasteiger partial charge is 0.236 e. The van der Waals surface area contributed by atoms with Crippen LogP contribution in [0.15, 0.2) is 200 Å². The maximum absolute atomic E-state index is 5.65. The van der Waals surface area contributed by atoms with E-state index in [1.165, 1.54) is 22.1 Å². The fraction of sp³-hybridized carbons (Fsp3) is 0. The second kappa shape index (κ2) is 12.5. The summed E-state index contributed by atoms with van der Waals surface area (Å²) >= 11 is 0. The Hall–Kier alpha value is -8.55. The lowest BCUT2D eigenvalue weighted by molar-refractivity contribution is 0.961. The van der Waals surface area contributed by atoms with Gasteiger partial charge in [0.1, 0.15) is 5.65 Å². The molecule has 0 amide bonds. The lowest BCUT2D eigenvalue weighted by Gasteiger charge is -2.22. The first-order valence-electron chi connectivity index (χ1n) is 21.0. The van der Waals surface area contributed by atoms with E-state index < -0.39 is 0 Å². The monoisotopic (exact) mass is 791 g/mol. The zero-order chi connectivity index (χ0) is 40.5. The van der Waals surface area contributed by atoms with Crippen LogP contribution in [0.25, 0.3) is 123 Å². The number of nitrogens with zero attached hydrogens (tertiary/aromatic N) is 7. The number of aromatic nitrogens is 7. The lowest BCUT2D eigenvalue weighted by atomic mass is 9.83. The maximum atomic E-state index is 5.65. The van der Waals surface area contributed by atoms with E-state index in [2.05, 4.69) is 212 Å². The molecule has 8 aromatic carbocycles. The van der Waals surface area contributed by atoms with E-state index in [1.807, 2.05) is 6.20 Å². The third-order valence-electron chi connectivity index (χ3n) is 12.8. The fourth-order valence-electron chi connectivity index (χ4n) is 10.3. The van der Waals surface area contributed by atoms with Gasteiger partial charge in [0.15, 0.2) is 0 Å². The molecule has 0 fully saturated rings. The summed E-state index contributed by atoms with van der Waals surface area (Å²) in [7, 11) is 0. The molecule has 7 nitrogen and oxygen atoms in total. The largest absolute Gasteiger partial charge is 0.295 e. The molecular weight excluding hydrogens is 759 g/mol. The Morgan fingerprint density at radius 2 is 0.855 bits per heavy atom. The molecule has 0 aliphatic heterocycles. The minimum Gasteiger partial charge on any atom is -0.295 e. The molecule has 0 atom stereocenters. The molecular formula is C55H33N7. The van der Waals surface area contributed by atoms with E-state index in [0.29, 0.717) is 5.95 Å². The van der Waals surface area contributed by atoms with Crippen LogP contribution in [0.2, 0.25) is 0 Å². The highest BCUT2D eigenvalue weighted by atomic mass is 15.2. The van der Waals surface area contributed by atoms with Gasteiger partial charge in [-0.2, -0.15) is 0 Å². The number of benzene rings is 8. The highest BCUT2D eigenvalue weighted by Crippen LogP contribution is 2.48. The van der Waals surface area contributed by atoms with Gasteiger partial charge in [0.05, 0.1) is 44.5 Å². The Bertz CT molecular complexity index is 4000. The van der Waals surface area contributed by atoms with Crippen LogP contribution in [0.5, 0.6) is 0 Å². The van der Waals surface area contributed by atoms with Crippen molar-refractivity contribution in [2.45, 2.75) is 0 Å². The van der Waals surface area contributed by atoms with Gasteiger partial charge >= 0.3 is 0 Å². The summed E-state index contributed by atoms with van der Waals surface area (Å²) in [5, 5.41) is 3.47. The zero-order valence-corrected chi connectivity index (χ0v) is 33.2. The minimum atomic E-state index is 0.610. The van der Waals surface area contributed by atoms with Crippen LogP contribution >= 0.6 is 0 Å². The first-order valence-corrected chi connectivity index (χ1v) is 21.0. The van der Waals surface area contributed by atoms with Crippen LogP contribution in [0.1, 0.15) is 0 Å². The Balaban J connectivity index is 1.06. The SMILES string of the molecule is c1cc(-n2c3ccccc3c3c4ccccc4n(-c4ncc5c(n4)-c4ccccc4-c4ccccc4-c4ccccc4-5)c32)cc(-n2c3ccccc3n3c4ccccc4nc23)c1. The molecule has 0 saturated carbocycles. The number of fused-ring (bicyclic) bond motifs is 18. The molecule has 14 rings (SSSR count). The molecule has 62 heavy (non-hydrogen) atoms. The second-order valence-corrected chi connectivity index (χ2v) is 16.1. The third kappa shape index (κ3) is 4.45. The molecule has 1 aliphatic carbocycles. The Morgan fingerprint density at radius 3 is 1.53 bits per heavy atom. The summed E-state index contributed by atoms with van der Waals surface area (Å²) in [5.41, 5.74) is 18.2. The van der Waals surface area contributed by atoms with E-state index in [1.54, 1.807) is 0 Å². The number of hydrogen-bond acceptors (Lipinski definition) is 3. The van der Waals surface area contributed by atoms with Gasteiger partial charge in [-0.25, -0.2) is 15.0 Å². The van der Waals surface area contributed by atoms with Crippen molar-refractivity contribution in [2.75, 3.05) is 0 Å². The number of para-hydroxylation sites is 6. The molecule has 288 valence electrons. The molecule has 7 heteroatoms. The van der Waals surface area contributed by atoms with Crippen molar-refractivity contribution >= 4 is 60.7 Å². The van der Waals surface area contributed by atoms with Gasteiger partial charge in [-0.15, -0.1) is 0 Å². The summed E-state index contributed by atoms with van der Waals surface area (Å²) in [6.07, 6.45) is 2.03. The van der Waals surface area contributed by atoms with Gasteiger partial charge in [0, 0.05) is 39.2 Å². The zero-order valence-electron chi connectivity index (χ0n) is 33.2. The van der Waals surface area contributed by atoms with Crippen LogP contribution < -0.4 is 0 Å². The fourth-order valence-corrected chi connectivity index (χ4v) is 10.3. The summed E-state index contributed by atoms with van der Waals surface area (Å²) in [4.78, 5) is 16.1. The molecule has 13 aromatic rings. The molecule has 0 N–H and O–H groups in total. The molecule has 1 aliphatic rings. The average Bonchev–Trinajstić information content (AvgIpc) is 4.07. The van der Waals surface area contributed by atoms with Crippen LogP contribution in [0.3, 0.4) is 0 Å². The molecule has 0 unspecified atom stereocenters. The second-order valence-electron chi connectivity index (χ2n) is 16.1. The minimum absolute atomic E-state index is 0.610. The number of hydrogen-bond donors (Lipinski definition) is 0. The van der Waals surface area contributed by atoms with Crippen molar-refractivity contribution < 1.29 is 0 Å². The predicted molar refractivity (Wildman–Crippen MR) is 252 cm³/mol. The molecule has 5 aromatic heterocycles. The van der Waals surface area contributed by atoms with Crippen LogP contribution in [-0.4, -0.2) is 33.1 Å². The maximum Gasteiger partial charge on any atom is 0.236 e. The van der Waals surface area contributed by atoms with Crippen molar-refractivity contribution in [3.05, 3.63) is 200 Å². The number of rotatable bonds is 3. The van der Waals surface area contributed by atoms with Crippen molar-refractivity contribution in [3.8, 4) is 62.0 Å². The van der Waals surface area contributed by atoms with Crippen molar-refractivity contribution in [1.29, 1.82) is 0 Å². The molecule has 0 bridgehead atoms. The van der Waals surface area contributed by atoms with Crippen molar-refractivity contribution in [3.63, 3.8) is 0 Å². The summed E-state index contributed by atoms with van der Waals surface area (Å²) in [6.45, 7) is 0. The molecule has 0 spiro atoms. The predicted octanol–water partition coefficient (Wildman–Crippen LogP) is 13.2. The van der Waals surface area contributed by atoms with Crippen LogP contribution in [0, 0.1) is 0 Å². The summed E-state index contributed by atoms with van der Waals surface area (Å²) in [5.74, 6) is 1.48. The van der Waals surface area contributed by atoms with E-state index in [9.17, 15) is 0 Å². The van der Waals surface area contributed by atoms with Gasteiger partial charge in [0.25, 0.3) is 0 Å². The van der Waals surface area contributed by atoms with Crippen molar-refractivity contribution in [2.24, 2.45) is 0 Å². The third-order valence-corrected chi connectivity index (χ3v) is 12.8. The van der Waals surface area contributed by atoms with Gasteiger partial charge in [-0.05, 0) is 82.4 Å². The van der Waals surface area contributed by atoms with E-state index in [-0.39, 0.29) is 0 Å². The van der Waals surface area contributed by atoms with E-state index in [4.69, 9.17) is 15.0 Å². The quantitative estimate of drug-likeness (QED) is 0.179. The Labute approximate surface area is 354 Å². The summed E-state index contributed by atoms with van der Waals surface area (Å²) < 4.78 is 9.20. The molecule has 5 heterocycles. The topological polar surface area (TPSA) is 57.9 Å². The van der Waals surface area contributed by atoms with Crippen LogP contribution in [0.4, 0.5) is 0 Å². The normalized spacial score (nSPS) is 12.2. The van der Waals surface area contributed by atoms with Gasteiger partial charge < -0.3 is 0 Å². The molecule has 0 saturated heterocycles.